The van der Waals surface area contributed by atoms with E-state index in [0.717, 1.165) is 0 Å². The molecule has 7 heteroatoms. The van der Waals surface area contributed by atoms with Crippen molar-refractivity contribution in [1.29, 1.82) is 0 Å². The Kier molecular flexibility index (Phi) is 14.2. The summed E-state index contributed by atoms with van der Waals surface area (Å²) in [4.78, 5) is -0.303. The molecule has 0 spiro atoms. The number of nitrogens with zero attached hydrogens (tertiary/aromatic N) is 1. The second-order valence-electron chi connectivity index (χ2n) is 9.14. The number of rotatable bonds is 13. The SMILES string of the molecule is CCCC[N+](CCCC)(CCCC)CCCC.Cc1c(N)c(C)c(S(=O)(=O)[O-])c(C)c1N. The highest BCUT2D eigenvalue weighted by atomic mass is 32.2. The number of nitrogen functional groups attached to an aromatic ring is 2. The van der Waals surface area contributed by atoms with Crippen molar-refractivity contribution >= 4 is 21.5 Å². The highest BCUT2D eigenvalue weighted by Crippen LogP contribution is 2.33. The molecule has 0 bridgehead atoms. The lowest BCUT2D eigenvalue weighted by atomic mass is 10.0. The first-order valence-corrected chi connectivity index (χ1v) is 13.8. The Morgan fingerprint density at radius 2 is 0.938 bits per heavy atom. The Bertz CT molecular complexity index is 726. The van der Waals surface area contributed by atoms with Crippen LogP contribution in [0.15, 0.2) is 4.90 Å². The summed E-state index contributed by atoms with van der Waals surface area (Å²) < 4.78 is 34.5. The molecule has 32 heavy (non-hydrogen) atoms. The van der Waals surface area contributed by atoms with Gasteiger partial charge in [-0.3, -0.25) is 0 Å². The maximum atomic E-state index is 11.0. The first-order valence-electron chi connectivity index (χ1n) is 12.4. The van der Waals surface area contributed by atoms with Crippen molar-refractivity contribution < 1.29 is 17.5 Å². The first-order chi connectivity index (χ1) is 14.9. The van der Waals surface area contributed by atoms with Crippen LogP contribution in [0.1, 0.15) is 95.8 Å². The Morgan fingerprint density at radius 3 is 1.16 bits per heavy atom. The van der Waals surface area contributed by atoms with Gasteiger partial charge in [0, 0.05) is 11.4 Å². The zero-order chi connectivity index (χ0) is 24.9. The van der Waals surface area contributed by atoms with Gasteiger partial charge in [-0.15, -0.1) is 0 Å². The molecule has 0 saturated carbocycles. The lowest BCUT2D eigenvalue weighted by Crippen LogP contribution is -2.50. The van der Waals surface area contributed by atoms with Crippen LogP contribution in [-0.2, 0) is 10.1 Å². The predicted octanol–water partition coefficient (Wildman–Crippen LogP) is 5.68. The minimum Gasteiger partial charge on any atom is -0.744 e. The number of hydrogen-bond donors (Lipinski definition) is 2. The third-order valence-electron chi connectivity index (χ3n) is 6.49. The van der Waals surface area contributed by atoms with Crippen LogP contribution in [0.2, 0.25) is 0 Å². The summed E-state index contributed by atoms with van der Waals surface area (Å²) in [5.41, 5.74) is 13.0. The average molecular weight is 472 g/mol. The van der Waals surface area contributed by atoms with Gasteiger partial charge in [0.2, 0.25) is 0 Å². The van der Waals surface area contributed by atoms with Gasteiger partial charge in [-0.25, -0.2) is 8.42 Å². The molecule has 1 aromatic carbocycles. The molecule has 0 aromatic heterocycles. The summed E-state index contributed by atoms with van der Waals surface area (Å²) in [5, 5.41) is 0. The molecule has 188 valence electrons. The molecule has 6 nitrogen and oxygen atoms in total. The summed E-state index contributed by atoms with van der Waals surface area (Å²) in [6, 6.07) is 0. The topological polar surface area (TPSA) is 109 Å². The maximum Gasteiger partial charge on any atom is 0.125 e. The normalized spacial score (nSPS) is 11.9. The molecular weight excluding hydrogens is 422 g/mol. The van der Waals surface area contributed by atoms with Crippen molar-refractivity contribution in [3.05, 3.63) is 16.7 Å². The van der Waals surface area contributed by atoms with Gasteiger partial charge >= 0.3 is 0 Å². The van der Waals surface area contributed by atoms with E-state index in [0.29, 0.717) is 5.56 Å². The van der Waals surface area contributed by atoms with E-state index in [2.05, 4.69) is 27.7 Å². The van der Waals surface area contributed by atoms with Crippen molar-refractivity contribution in [2.75, 3.05) is 37.6 Å². The maximum absolute atomic E-state index is 11.0. The number of anilines is 2. The zero-order valence-electron chi connectivity index (χ0n) is 21.7. The molecular formula is C25H49N3O3S. The van der Waals surface area contributed by atoms with Crippen LogP contribution in [0.5, 0.6) is 0 Å². The molecule has 0 heterocycles. The molecule has 0 atom stereocenters. The van der Waals surface area contributed by atoms with E-state index >= 15 is 0 Å². The van der Waals surface area contributed by atoms with Crippen molar-refractivity contribution in [2.45, 2.75) is 105 Å². The van der Waals surface area contributed by atoms with E-state index in [9.17, 15) is 13.0 Å². The lowest BCUT2D eigenvalue weighted by Gasteiger charge is -2.39. The van der Waals surface area contributed by atoms with Gasteiger partial charge < -0.3 is 20.5 Å². The van der Waals surface area contributed by atoms with E-state index in [-0.39, 0.29) is 27.4 Å². The standard InChI is InChI=1S/C16H36N.C9H14N2O3S/c1-5-9-13-17(14-10-6-2,15-11-7-3)16-12-8-4;1-4-7(10)5(2)9(15(12,13)14)6(3)8(4)11/h5-16H2,1-4H3;10-11H2,1-3H3,(H,12,13,14)/q+1;/p-1. The van der Waals surface area contributed by atoms with Gasteiger partial charge in [0.05, 0.1) is 31.1 Å². The molecule has 4 N–H and O–H groups in total. The quantitative estimate of drug-likeness (QED) is 0.218. The Hall–Kier alpha value is -1.31. The van der Waals surface area contributed by atoms with E-state index in [1.807, 2.05) is 0 Å². The molecule has 0 saturated heterocycles. The molecule has 0 fully saturated rings. The van der Waals surface area contributed by atoms with Crippen molar-refractivity contribution in [3.63, 3.8) is 0 Å². The molecule has 1 rings (SSSR count). The zero-order valence-corrected chi connectivity index (χ0v) is 22.5. The van der Waals surface area contributed by atoms with E-state index in [1.54, 1.807) is 6.92 Å². The van der Waals surface area contributed by atoms with Gasteiger partial charge in [-0.2, -0.15) is 0 Å². The van der Waals surface area contributed by atoms with Crippen LogP contribution in [0.3, 0.4) is 0 Å². The minimum atomic E-state index is -4.54. The van der Waals surface area contributed by atoms with Crippen LogP contribution < -0.4 is 11.5 Å². The fourth-order valence-electron chi connectivity index (χ4n) is 4.25. The molecule has 0 aliphatic heterocycles. The van der Waals surface area contributed by atoms with Crippen LogP contribution in [0.25, 0.3) is 0 Å². The summed E-state index contributed by atoms with van der Waals surface area (Å²) in [6.07, 6.45) is 11.1. The van der Waals surface area contributed by atoms with E-state index in [4.69, 9.17) is 11.5 Å². The van der Waals surface area contributed by atoms with E-state index < -0.39 is 10.1 Å². The fourth-order valence-corrected chi connectivity index (χ4v) is 5.22. The van der Waals surface area contributed by atoms with Gasteiger partial charge in [0.15, 0.2) is 0 Å². The van der Waals surface area contributed by atoms with Crippen molar-refractivity contribution in [3.8, 4) is 0 Å². The van der Waals surface area contributed by atoms with Gasteiger partial charge in [0.1, 0.15) is 10.1 Å². The highest BCUT2D eigenvalue weighted by Gasteiger charge is 2.24. The average Bonchev–Trinajstić information content (AvgIpc) is 2.75. The molecule has 0 aliphatic rings. The molecule has 0 radical (unpaired) electrons. The summed E-state index contributed by atoms with van der Waals surface area (Å²) >= 11 is 0. The first kappa shape index (κ1) is 30.7. The molecule has 0 aliphatic carbocycles. The largest absolute Gasteiger partial charge is 0.744 e. The van der Waals surface area contributed by atoms with Crippen LogP contribution >= 0.6 is 0 Å². The number of nitrogens with two attached hydrogens (primary N) is 2. The number of quaternary nitrogens is 1. The summed E-state index contributed by atoms with van der Waals surface area (Å²) in [6.45, 7) is 19.7. The third kappa shape index (κ3) is 9.28. The number of benzene rings is 1. The van der Waals surface area contributed by atoms with Crippen LogP contribution in [-0.4, -0.2) is 43.6 Å². The van der Waals surface area contributed by atoms with Crippen molar-refractivity contribution in [2.24, 2.45) is 0 Å². The molecule has 1 aromatic rings. The smallest absolute Gasteiger partial charge is 0.125 e. The number of unbranched alkanes of at least 4 members (excludes halogenated alkanes) is 4. The fraction of sp³-hybridized carbons (Fsp3) is 0.760. The van der Waals surface area contributed by atoms with Crippen molar-refractivity contribution in [1.82, 2.24) is 0 Å². The second-order valence-corrected chi connectivity index (χ2v) is 10.5. The Balaban J connectivity index is 0.000000604. The highest BCUT2D eigenvalue weighted by molar-refractivity contribution is 7.85. The number of hydrogen-bond acceptors (Lipinski definition) is 5. The van der Waals surface area contributed by atoms with Gasteiger partial charge in [0.25, 0.3) is 0 Å². The molecule has 0 unspecified atom stereocenters. The predicted molar refractivity (Wildman–Crippen MR) is 137 cm³/mol. The summed E-state index contributed by atoms with van der Waals surface area (Å²) in [7, 11) is -4.54. The summed E-state index contributed by atoms with van der Waals surface area (Å²) in [5.74, 6) is 0. The van der Waals surface area contributed by atoms with Crippen LogP contribution in [0.4, 0.5) is 11.4 Å². The minimum absolute atomic E-state index is 0.257. The lowest BCUT2D eigenvalue weighted by molar-refractivity contribution is -0.929. The van der Waals surface area contributed by atoms with E-state index in [1.165, 1.54) is 95.9 Å². The second kappa shape index (κ2) is 14.8. The van der Waals surface area contributed by atoms with Gasteiger partial charge in [-0.05, 0) is 63.1 Å². The Morgan fingerprint density at radius 1 is 0.656 bits per heavy atom. The Labute approximate surface area is 198 Å². The van der Waals surface area contributed by atoms with Crippen LogP contribution in [0, 0.1) is 20.8 Å². The molecule has 0 amide bonds. The third-order valence-corrected chi connectivity index (χ3v) is 7.60. The van der Waals surface area contributed by atoms with Gasteiger partial charge in [-0.1, -0.05) is 53.4 Å². The monoisotopic (exact) mass is 471 g/mol.